The van der Waals surface area contributed by atoms with Crippen LogP contribution in [0.3, 0.4) is 0 Å². The second-order valence-electron chi connectivity index (χ2n) is 17.3. The molecule has 0 bridgehead atoms. The molecular formula is C49H53Zr-. The molecule has 1 heteroatoms. The van der Waals surface area contributed by atoms with Gasteiger partial charge in [-0.05, 0) is 71.3 Å². The number of rotatable bonds is 3. The van der Waals surface area contributed by atoms with Crippen LogP contribution in [0.2, 0.25) is 0 Å². The van der Waals surface area contributed by atoms with E-state index in [9.17, 15) is 0 Å². The Morgan fingerprint density at radius 2 is 1.08 bits per heavy atom. The molecule has 0 nitrogen and oxygen atoms in total. The fourth-order valence-corrected chi connectivity index (χ4v) is 12.3. The summed E-state index contributed by atoms with van der Waals surface area (Å²) >= 11 is 0. The molecule has 7 atom stereocenters. The van der Waals surface area contributed by atoms with Gasteiger partial charge in [-0.25, -0.2) is 12.0 Å². The van der Waals surface area contributed by atoms with Crippen LogP contribution in [0.4, 0.5) is 0 Å². The smallest absolute Gasteiger partial charge is 0.00467 e. The summed E-state index contributed by atoms with van der Waals surface area (Å²) in [7, 11) is 0. The molecule has 2 fully saturated rings. The number of allylic oxidation sites excluding steroid dienone is 17. The molecule has 8 rings (SSSR count). The Hall–Kier alpha value is -3.15. The normalized spacial score (nSPS) is 38.8. The van der Waals surface area contributed by atoms with Gasteiger partial charge in [0.15, 0.2) is 0 Å². The van der Waals surface area contributed by atoms with Crippen molar-refractivity contribution in [1.82, 2.24) is 0 Å². The van der Waals surface area contributed by atoms with E-state index < -0.39 is 0 Å². The standard InChI is InChI=1S/C49H53.Zr/c1-33-19-23-37(24-20-33)42(38-25-21-34(2)22-26-38)40-31-39-32-47(8)45(6)29-14-13-27-43(45,4)44(5)28-15-16-30-46(44,7)49(47,10)48(39,9)35(3)41(40)36-17-11-12-18-36;/h11-17,19-32H,18H2,1-10H3;/q-1;. The van der Waals surface area contributed by atoms with Crippen LogP contribution in [0.15, 0.2) is 149 Å². The third kappa shape index (κ3) is 3.84. The van der Waals surface area contributed by atoms with Gasteiger partial charge in [-0.2, -0.15) is 6.08 Å². The van der Waals surface area contributed by atoms with E-state index >= 15 is 0 Å². The first-order valence-corrected chi connectivity index (χ1v) is 18.4. The molecule has 0 amide bonds. The minimum absolute atomic E-state index is 0. The molecule has 2 aromatic rings. The number of aryl methyl sites for hydroxylation is 2. The zero-order valence-electron chi connectivity index (χ0n) is 31.8. The molecule has 0 N–H and O–H groups in total. The molecule has 6 aliphatic rings. The van der Waals surface area contributed by atoms with Gasteiger partial charge in [0.05, 0.1) is 0 Å². The molecule has 7 unspecified atom stereocenters. The third-order valence-corrected chi connectivity index (χ3v) is 16.1. The maximum atomic E-state index is 2.76. The van der Waals surface area contributed by atoms with Crippen LogP contribution >= 0.6 is 0 Å². The molecule has 0 radical (unpaired) electrons. The van der Waals surface area contributed by atoms with Crippen LogP contribution in [0.5, 0.6) is 0 Å². The van der Waals surface area contributed by atoms with Gasteiger partial charge in [-0.3, -0.25) is 0 Å². The van der Waals surface area contributed by atoms with E-state index in [0.717, 1.165) is 6.42 Å². The molecule has 50 heavy (non-hydrogen) atoms. The van der Waals surface area contributed by atoms with E-state index in [1.54, 1.807) is 0 Å². The summed E-state index contributed by atoms with van der Waals surface area (Å²) in [5.74, 6) is 0. The fourth-order valence-electron chi connectivity index (χ4n) is 12.3. The maximum absolute atomic E-state index is 2.76. The van der Waals surface area contributed by atoms with Gasteiger partial charge in [0.25, 0.3) is 0 Å². The molecule has 2 saturated carbocycles. The zero-order valence-corrected chi connectivity index (χ0v) is 34.3. The molecule has 254 valence electrons. The minimum Gasteiger partial charge on any atom is -0.219 e. The van der Waals surface area contributed by atoms with Gasteiger partial charge in [0, 0.05) is 42.4 Å². The largest absolute Gasteiger partial charge is 0.219 e. The van der Waals surface area contributed by atoms with Crippen LogP contribution in [0.25, 0.3) is 5.57 Å². The summed E-state index contributed by atoms with van der Waals surface area (Å²) in [6.07, 6.45) is 32.9. The van der Waals surface area contributed by atoms with Crippen molar-refractivity contribution in [2.45, 2.75) is 75.7 Å². The SMILES string of the molecule is CC1=C(C2=CC=CC2)C(=C(c2ccc(C)cc2)c2ccc(C)cc2)C=C2[CH-]C3(C)C4(C)C=CC=CC4(C)C4(C)C=CC=CC4(C)C3(C)C21C.[Zr]. The van der Waals surface area contributed by atoms with Crippen LogP contribution in [0, 0.1) is 58.2 Å². The summed E-state index contributed by atoms with van der Waals surface area (Å²) in [6.45, 7) is 25.0. The Bertz CT molecular complexity index is 2020. The molecule has 0 spiro atoms. The van der Waals surface area contributed by atoms with Crippen molar-refractivity contribution in [2.24, 2.45) is 37.9 Å². The van der Waals surface area contributed by atoms with Crippen molar-refractivity contribution in [2.75, 3.05) is 0 Å². The van der Waals surface area contributed by atoms with Gasteiger partial charge < -0.3 is 0 Å². The van der Waals surface area contributed by atoms with Crippen molar-refractivity contribution >= 4 is 5.57 Å². The van der Waals surface area contributed by atoms with E-state index in [4.69, 9.17) is 0 Å². The van der Waals surface area contributed by atoms with Gasteiger partial charge in [0.2, 0.25) is 0 Å². The van der Waals surface area contributed by atoms with E-state index in [2.05, 4.69) is 197 Å². The quantitative estimate of drug-likeness (QED) is 0.276. The number of benzene rings is 2. The molecule has 6 aliphatic carbocycles. The number of fused-ring (bicyclic) bond motifs is 8. The minimum atomic E-state index is -0.222. The number of hydrogen-bond donors (Lipinski definition) is 0. The Morgan fingerprint density at radius 3 is 1.58 bits per heavy atom. The Labute approximate surface area is 321 Å². The molecule has 0 heterocycles. The van der Waals surface area contributed by atoms with Gasteiger partial charge in [-0.15, -0.1) is 0 Å². The Kier molecular flexibility index (Phi) is 7.88. The second kappa shape index (κ2) is 11.2. The first kappa shape index (κ1) is 35.3. The molecule has 2 aromatic carbocycles. The van der Waals surface area contributed by atoms with E-state index in [-0.39, 0.29) is 64.1 Å². The van der Waals surface area contributed by atoms with Crippen LogP contribution < -0.4 is 0 Å². The average Bonchev–Trinajstić information content (AvgIpc) is 3.67. The van der Waals surface area contributed by atoms with Crippen molar-refractivity contribution in [1.29, 1.82) is 0 Å². The van der Waals surface area contributed by atoms with Crippen molar-refractivity contribution in [3.05, 3.63) is 178 Å². The van der Waals surface area contributed by atoms with Crippen LogP contribution in [-0.2, 0) is 26.2 Å². The average molecular weight is 733 g/mol. The molecule has 0 aliphatic heterocycles. The second-order valence-corrected chi connectivity index (χ2v) is 17.3. The summed E-state index contributed by atoms with van der Waals surface area (Å²) in [5.41, 5.74) is 12.6. The summed E-state index contributed by atoms with van der Waals surface area (Å²) < 4.78 is 0. The zero-order chi connectivity index (χ0) is 34.8. The monoisotopic (exact) mass is 731 g/mol. The maximum Gasteiger partial charge on any atom is 0.00467 e. The summed E-state index contributed by atoms with van der Waals surface area (Å²) in [4.78, 5) is 0. The Balaban J connectivity index is 0.00000392. The predicted molar refractivity (Wildman–Crippen MR) is 209 cm³/mol. The van der Waals surface area contributed by atoms with Gasteiger partial charge in [0.1, 0.15) is 0 Å². The van der Waals surface area contributed by atoms with Crippen molar-refractivity contribution < 1.29 is 26.2 Å². The van der Waals surface area contributed by atoms with Gasteiger partial charge >= 0.3 is 0 Å². The van der Waals surface area contributed by atoms with Crippen LogP contribution in [0.1, 0.15) is 84.1 Å². The molecular weight excluding hydrogens is 680 g/mol. The van der Waals surface area contributed by atoms with Crippen molar-refractivity contribution in [3.8, 4) is 0 Å². The van der Waals surface area contributed by atoms with Crippen molar-refractivity contribution in [3.63, 3.8) is 0 Å². The molecule has 0 saturated heterocycles. The summed E-state index contributed by atoms with van der Waals surface area (Å²) in [6, 6.07) is 18.4. The topological polar surface area (TPSA) is 0 Å². The van der Waals surface area contributed by atoms with Crippen LogP contribution in [-0.4, -0.2) is 0 Å². The predicted octanol–water partition coefficient (Wildman–Crippen LogP) is 12.8. The first-order valence-electron chi connectivity index (χ1n) is 18.4. The van der Waals surface area contributed by atoms with E-state index in [1.165, 1.54) is 55.7 Å². The Morgan fingerprint density at radius 1 is 0.600 bits per heavy atom. The van der Waals surface area contributed by atoms with Gasteiger partial charge in [-0.1, -0.05) is 192 Å². The van der Waals surface area contributed by atoms with E-state index in [1.807, 2.05) is 0 Å². The first-order chi connectivity index (χ1) is 23.1. The number of hydrogen-bond acceptors (Lipinski definition) is 0. The third-order valence-electron chi connectivity index (χ3n) is 16.1. The molecule has 0 aromatic heterocycles. The van der Waals surface area contributed by atoms with E-state index in [0.29, 0.717) is 0 Å². The summed E-state index contributed by atoms with van der Waals surface area (Å²) in [5, 5.41) is 0. The fraction of sp³-hybridized carbons (Fsp3) is 0.367.